The molecule has 1 unspecified atom stereocenters. The molecule has 1 N–H and O–H groups in total. The second-order valence-corrected chi connectivity index (χ2v) is 6.44. The Hall–Kier alpha value is -0.710. The van der Waals surface area contributed by atoms with Gasteiger partial charge in [0, 0.05) is 5.57 Å². The molecule has 0 amide bonds. The van der Waals surface area contributed by atoms with Crippen LogP contribution in [0.2, 0.25) is 0 Å². The molecular weight excluding hydrogens is 502 g/mol. The van der Waals surface area contributed by atoms with E-state index in [1.165, 1.54) is 14.2 Å². The van der Waals surface area contributed by atoms with Gasteiger partial charge in [0.05, 0.1) is 23.4 Å². The summed E-state index contributed by atoms with van der Waals surface area (Å²) < 4.78 is 17.1. The molecule has 21 heavy (non-hydrogen) atoms. The van der Waals surface area contributed by atoms with Crippen molar-refractivity contribution in [1.82, 2.24) is 0 Å². The second kappa shape index (κ2) is 7.52. The fraction of sp³-hybridized carbons (Fsp3) is 0.357. The van der Waals surface area contributed by atoms with Crippen molar-refractivity contribution >= 4 is 51.2 Å². The van der Waals surface area contributed by atoms with E-state index in [9.17, 15) is 9.90 Å². The maximum Gasteiger partial charge on any atom is 0.333 e. The van der Waals surface area contributed by atoms with Gasteiger partial charge < -0.3 is 19.3 Å². The summed E-state index contributed by atoms with van der Waals surface area (Å²) in [5, 5.41) is 10.1. The molecule has 0 aliphatic rings. The molecule has 0 saturated heterocycles. The van der Waals surface area contributed by atoms with Gasteiger partial charge in [-0.3, -0.25) is 0 Å². The van der Waals surface area contributed by atoms with Crippen LogP contribution >= 0.6 is 45.2 Å². The zero-order chi connectivity index (χ0) is 16.3. The zero-order valence-electron chi connectivity index (χ0n) is 12.1. The van der Waals surface area contributed by atoms with Crippen molar-refractivity contribution in [3.8, 4) is 17.2 Å². The van der Waals surface area contributed by atoms with Crippen LogP contribution in [-0.2, 0) is 9.53 Å². The van der Waals surface area contributed by atoms with Gasteiger partial charge in [0.25, 0.3) is 0 Å². The molecular formula is C14H16I2O5. The molecule has 5 nitrogen and oxygen atoms in total. The number of phenols is 1. The maximum atomic E-state index is 11.7. The lowest BCUT2D eigenvalue weighted by atomic mass is 10.1. The van der Waals surface area contributed by atoms with Gasteiger partial charge >= 0.3 is 5.97 Å². The van der Waals surface area contributed by atoms with Crippen LogP contribution in [0.5, 0.6) is 17.2 Å². The number of carbonyl (C=O) groups is 1. The molecule has 1 aromatic rings. The monoisotopic (exact) mass is 518 g/mol. The minimum atomic E-state index is -0.570. The standard InChI is InChI=1S/C14H16I2O5/c1-6(2)14(18)21-7(3)8-9(15)13(20-5)11(17)10(16)12(8)19-4/h7,17H,1H2,2-5H3. The number of ether oxygens (including phenoxy) is 3. The van der Waals surface area contributed by atoms with Crippen LogP contribution < -0.4 is 9.47 Å². The summed E-state index contributed by atoms with van der Waals surface area (Å²) in [6.07, 6.45) is -0.570. The molecule has 1 aromatic carbocycles. The van der Waals surface area contributed by atoms with Crippen molar-refractivity contribution in [2.24, 2.45) is 0 Å². The van der Waals surface area contributed by atoms with Crippen LogP contribution in [0, 0.1) is 7.14 Å². The molecule has 1 atom stereocenters. The fourth-order valence-electron chi connectivity index (χ4n) is 1.72. The van der Waals surface area contributed by atoms with E-state index in [0.29, 0.717) is 29.8 Å². The minimum absolute atomic E-state index is 0.00141. The summed E-state index contributed by atoms with van der Waals surface area (Å²) in [7, 11) is 2.96. The van der Waals surface area contributed by atoms with Gasteiger partial charge in [-0.1, -0.05) is 6.58 Å². The predicted molar refractivity (Wildman–Crippen MR) is 96.0 cm³/mol. The molecule has 0 saturated carbocycles. The predicted octanol–water partition coefficient (Wildman–Crippen LogP) is 3.80. The second-order valence-electron chi connectivity index (χ2n) is 4.28. The van der Waals surface area contributed by atoms with Gasteiger partial charge in [-0.2, -0.15) is 0 Å². The van der Waals surface area contributed by atoms with E-state index in [0.717, 1.165) is 0 Å². The molecule has 0 bridgehead atoms. The number of carbonyl (C=O) groups excluding carboxylic acids is 1. The van der Waals surface area contributed by atoms with Gasteiger partial charge in [0.15, 0.2) is 11.5 Å². The summed E-state index contributed by atoms with van der Waals surface area (Å²) >= 11 is 3.99. The van der Waals surface area contributed by atoms with Gasteiger partial charge in [0.1, 0.15) is 15.4 Å². The Morgan fingerprint density at radius 3 is 2.14 bits per heavy atom. The molecule has 116 valence electrons. The Kier molecular flexibility index (Phi) is 6.57. The quantitative estimate of drug-likeness (QED) is 0.365. The summed E-state index contributed by atoms with van der Waals surface area (Å²) in [6, 6.07) is 0. The fourth-order valence-corrected chi connectivity index (χ4v) is 3.64. The highest BCUT2D eigenvalue weighted by molar-refractivity contribution is 14.1. The Morgan fingerprint density at radius 1 is 1.19 bits per heavy atom. The lowest BCUT2D eigenvalue weighted by Crippen LogP contribution is -2.12. The highest BCUT2D eigenvalue weighted by Gasteiger charge is 2.28. The van der Waals surface area contributed by atoms with E-state index in [1.54, 1.807) is 13.8 Å². The van der Waals surface area contributed by atoms with E-state index >= 15 is 0 Å². The number of phenolic OH excluding ortho intramolecular Hbond substituents is 1. The van der Waals surface area contributed by atoms with Crippen molar-refractivity contribution in [3.63, 3.8) is 0 Å². The number of benzene rings is 1. The average Bonchev–Trinajstić information content (AvgIpc) is 2.42. The van der Waals surface area contributed by atoms with E-state index in [-0.39, 0.29) is 5.75 Å². The highest BCUT2D eigenvalue weighted by Crippen LogP contribution is 2.47. The van der Waals surface area contributed by atoms with Crippen molar-refractivity contribution in [3.05, 3.63) is 24.9 Å². The normalized spacial score (nSPS) is 11.7. The van der Waals surface area contributed by atoms with Crippen LogP contribution in [0.25, 0.3) is 0 Å². The molecule has 0 fully saturated rings. The molecule has 1 rings (SSSR count). The zero-order valence-corrected chi connectivity index (χ0v) is 16.4. The number of hydrogen-bond donors (Lipinski definition) is 1. The number of hydrogen-bond acceptors (Lipinski definition) is 5. The lowest BCUT2D eigenvalue weighted by molar-refractivity contribution is -0.143. The van der Waals surface area contributed by atoms with Crippen LogP contribution in [0.4, 0.5) is 0 Å². The van der Waals surface area contributed by atoms with Gasteiger partial charge in [-0.15, -0.1) is 0 Å². The van der Waals surface area contributed by atoms with Gasteiger partial charge in [-0.25, -0.2) is 4.79 Å². The number of rotatable bonds is 5. The SMILES string of the molecule is C=C(C)C(=O)OC(C)c1c(I)c(OC)c(O)c(I)c1OC. The summed E-state index contributed by atoms with van der Waals surface area (Å²) in [4.78, 5) is 11.7. The molecule has 0 aliphatic heterocycles. The molecule has 0 aromatic heterocycles. The first kappa shape index (κ1) is 18.3. The topological polar surface area (TPSA) is 65.0 Å². The first-order valence-electron chi connectivity index (χ1n) is 5.94. The van der Waals surface area contributed by atoms with E-state index < -0.39 is 12.1 Å². The minimum Gasteiger partial charge on any atom is -0.503 e. The molecule has 0 spiro atoms. The Labute approximate surface area is 150 Å². The molecule has 7 heteroatoms. The largest absolute Gasteiger partial charge is 0.503 e. The van der Waals surface area contributed by atoms with Crippen LogP contribution in [0.15, 0.2) is 12.2 Å². The average molecular weight is 518 g/mol. The number of esters is 1. The summed E-state index contributed by atoms with van der Waals surface area (Å²) in [6.45, 7) is 6.87. The van der Waals surface area contributed by atoms with E-state index in [4.69, 9.17) is 14.2 Å². The molecule has 0 radical (unpaired) electrons. The Bertz CT molecular complexity index is 583. The van der Waals surface area contributed by atoms with Crippen molar-refractivity contribution in [1.29, 1.82) is 0 Å². The third kappa shape index (κ3) is 3.74. The van der Waals surface area contributed by atoms with Crippen LogP contribution in [0.1, 0.15) is 25.5 Å². The Morgan fingerprint density at radius 2 is 1.71 bits per heavy atom. The van der Waals surface area contributed by atoms with Crippen molar-refractivity contribution in [2.75, 3.05) is 14.2 Å². The number of methoxy groups -OCH3 is 2. The summed E-state index contributed by atoms with van der Waals surface area (Å²) in [5.41, 5.74) is 0.961. The third-order valence-electron chi connectivity index (χ3n) is 2.75. The number of halogens is 2. The Balaban J connectivity index is 3.43. The van der Waals surface area contributed by atoms with E-state index in [1.807, 2.05) is 45.2 Å². The van der Waals surface area contributed by atoms with Gasteiger partial charge in [0.2, 0.25) is 0 Å². The highest BCUT2D eigenvalue weighted by atomic mass is 127. The van der Waals surface area contributed by atoms with Gasteiger partial charge in [-0.05, 0) is 59.0 Å². The first-order chi connectivity index (χ1) is 9.76. The smallest absolute Gasteiger partial charge is 0.333 e. The summed E-state index contributed by atoms with van der Waals surface area (Å²) in [5.74, 6) is 0.304. The molecule has 0 heterocycles. The van der Waals surface area contributed by atoms with Crippen molar-refractivity contribution < 1.29 is 24.1 Å². The van der Waals surface area contributed by atoms with Crippen LogP contribution in [-0.4, -0.2) is 25.3 Å². The lowest BCUT2D eigenvalue weighted by Gasteiger charge is -2.22. The van der Waals surface area contributed by atoms with E-state index in [2.05, 4.69) is 6.58 Å². The van der Waals surface area contributed by atoms with Crippen molar-refractivity contribution in [2.45, 2.75) is 20.0 Å². The number of aromatic hydroxyl groups is 1. The third-order valence-corrected chi connectivity index (χ3v) is 4.82. The van der Waals surface area contributed by atoms with Crippen LogP contribution in [0.3, 0.4) is 0 Å². The molecule has 0 aliphatic carbocycles. The first-order valence-corrected chi connectivity index (χ1v) is 8.10. The maximum absolute atomic E-state index is 11.7.